The lowest BCUT2D eigenvalue weighted by molar-refractivity contribution is -0.166. The zero-order valence-corrected chi connectivity index (χ0v) is 31.2. The van der Waals surface area contributed by atoms with Crippen LogP contribution >= 0.6 is 0 Å². The molecule has 0 spiro atoms. The molecule has 0 heterocycles. The van der Waals surface area contributed by atoms with E-state index in [1.54, 1.807) is 6.08 Å². The van der Waals surface area contributed by atoms with Gasteiger partial charge in [0, 0.05) is 12.8 Å². The van der Waals surface area contributed by atoms with Gasteiger partial charge in [-0.15, -0.1) is 0 Å². The van der Waals surface area contributed by atoms with Gasteiger partial charge < -0.3 is 14.2 Å². The summed E-state index contributed by atoms with van der Waals surface area (Å²) >= 11 is 0. The third kappa shape index (κ3) is 35.7. The van der Waals surface area contributed by atoms with E-state index in [-0.39, 0.29) is 44.4 Å². The first kappa shape index (κ1) is 45.6. The first-order valence-electron chi connectivity index (χ1n) is 19.1. The third-order valence-electron chi connectivity index (χ3n) is 7.41. The molecule has 49 heavy (non-hydrogen) atoms. The highest BCUT2D eigenvalue weighted by Gasteiger charge is 2.19. The van der Waals surface area contributed by atoms with Crippen molar-refractivity contribution in [2.75, 3.05) is 13.2 Å². The summed E-state index contributed by atoms with van der Waals surface area (Å²) in [7, 11) is 0. The van der Waals surface area contributed by atoms with Crippen LogP contribution in [0.5, 0.6) is 0 Å². The van der Waals surface area contributed by atoms with Crippen LogP contribution in [0.3, 0.4) is 0 Å². The van der Waals surface area contributed by atoms with Crippen LogP contribution in [0.15, 0.2) is 85.1 Å². The van der Waals surface area contributed by atoms with Crippen molar-refractivity contribution in [1.82, 2.24) is 0 Å². The minimum atomic E-state index is -0.856. The lowest BCUT2D eigenvalue weighted by Gasteiger charge is -2.18. The second kappa shape index (κ2) is 37.4. The van der Waals surface area contributed by atoms with Gasteiger partial charge in [0.05, 0.1) is 6.42 Å². The molecular formula is C43H68O6. The van der Waals surface area contributed by atoms with E-state index in [1.807, 2.05) is 18.2 Å². The largest absolute Gasteiger partial charge is 0.462 e. The monoisotopic (exact) mass is 681 g/mol. The van der Waals surface area contributed by atoms with Crippen LogP contribution in [0.25, 0.3) is 0 Å². The van der Waals surface area contributed by atoms with Gasteiger partial charge in [-0.1, -0.05) is 138 Å². The smallest absolute Gasteiger partial charge is 0.310 e. The minimum Gasteiger partial charge on any atom is -0.462 e. The first-order valence-corrected chi connectivity index (χ1v) is 19.1. The van der Waals surface area contributed by atoms with Crippen molar-refractivity contribution in [3.05, 3.63) is 85.1 Å². The maximum absolute atomic E-state index is 12.5. The molecule has 0 radical (unpaired) electrons. The molecule has 0 fully saturated rings. The Hall–Kier alpha value is -3.41. The molecule has 6 heteroatoms. The molecule has 0 saturated carbocycles. The molecule has 0 aromatic heterocycles. The minimum absolute atomic E-state index is 0.0852. The van der Waals surface area contributed by atoms with Crippen molar-refractivity contribution < 1.29 is 28.6 Å². The molecular weight excluding hydrogens is 612 g/mol. The fourth-order valence-electron chi connectivity index (χ4n) is 4.59. The summed E-state index contributed by atoms with van der Waals surface area (Å²) in [4.78, 5) is 37.2. The molecule has 1 atom stereocenters. The van der Waals surface area contributed by atoms with E-state index in [9.17, 15) is 14.4 Å². The average Bonchev–Trinajstić information content (AvgIpc) is 3.10. The number of hydrogen-bond donors (Lipinski definition) is 0. The van der Waals surface area contributed by atoms with Crippen LogP contribution in [0.2, 0.25) is 0 Å². The summed E-state index contributed by atoms with van der Waals surface area (Å²) in [5.74, 6) is -1.19. The van der Waals surface area contributed by atoms with Crippen LogP contribution in [0, 0.1) is 0 Å². The van der Waals surface area contributed by atoms with Gasteiger partial charge >= 0.3 is 17.9 Å². The number of rotatable bonds is 32. The lowest BCUT2D eigenvalue weighted by Crippen LogP contribution is -2.30. The Kier molecular flexibility index (Phi) is 34.8. The second-order valence-corrected chi connectivity index (χ2v) is 12.1. The number of ether oxygens (including phenoxy) is 3. The van der Waals surface area contributed by atoms with Gasteiger partial charge in [-0.3, -0.25) is 14.4 Å². The highest BCUT2D eigenvalue weighted by atomic mass is 16.6. The molecule has 0 N–H and O–H groups in total. The van der Waals surface area contributed by atoms with Crippen LogP contribution in [-0.4, -0.2) is 37.2 Å². The summed E-state index contributed by atoms with van der Waals surface area (Å²) in [6, 6.07) is 0. The van der Waals surface area contributed by atoms with Crippen LogP contribution in [0.1, 0.15) is 149 Å². The van der Waals surface area contributed by atoms with Gasteiger partial charge in [0.2, 0.25) is 0 Å². The molecule has 0 aliphatic heterocycles. The number of allylic oxidation sites excluding steroid dienone is 13. The molecule has 0 aliphatic rings. The van der Waals surface area contributed by atoms with E-state index in [2.05, 4.69) is 81.5 Å². The van der Waals surface area contributed by atoms with Crippen molar-refractivity contribution in [2.45, 2.75) is 155 Å². The summed E-state index contributed by atoms with van der Waals surface area (Å²) in [5.41, 5.74) is 0. The topological polar surface area (TPSA) is 78.9 Å². The standard InChI is InChI=1S/C43H68O6/c1-4-7-10-13-16-19-20-21-22-25-27-30-33-36-42(45)48-39-40(49-43(46)37-34-31-28-24-18-15-12-9-6-3)38-47-41(44)35-32-29-26-23-17-14-11-8-5-2/h8-9,11-12,17-18,21-24,27,30-31,34,40H,4-7,10,13-16,19-20,25-26,28-29,32-33,35-39H2,1-3H3/b11-8-,12-9-,22-21-,23-17-,24-18-,30-27-,34-31-. The summed E-state index contributed by atoms with van der Waals surface area (Å²) in [6.07, 6.45) is 46.3. The van der Waals surface area contributed by atoms with Crippen molar-refractivity contribution in [3.8, 4) is 0 Å². The highest BCUT2D eigenvalue weighted by Crippen LogP contribution is 2.09. The molecule has 0 saturated heterocycles. The second-order valence-electron chi connectivity index (χ2n) is 12.1. The van der Waals surface area contributed by atoms with Crippen LogP contribution < -0.4 is 0 Å². The Bertz CT molecular complexity index is 1010. The molecule has 1 unspecified atom stereocenters. The Morgan fingerprint density at radius 3 is 1.47 bits per heavy atom. The van der Waals surface area contributed by atoms with E-state index >= 15 is 0 Å². The van der Waals surface area contributed by atoms with E-state index in [4.69, 9.17) is 14.2 Å². The predicted molar refractivity (Wildman–Crippen MR) is 205 cm³/mol. The van der Waals surface area contributed by atoms with E-state index in [1.165, 1.54) is 38.5 Å². The van der Waals surface area contributed by atoms with Gasteiger partial charge in [-0.2, -0.15) is 0 Å². The molecule has 0 aliphatic carbocycles. The Labute approximate surface area is 299 Å². The summed E-state index contributed by atoms with van der Waals surface area (Å²) in [5, 5.41) is 0. The third-order valence-corrected chi connectivity index (χ3v) is 7.41. The molecule has 0 rings (SSSR count). The van der Waals surface area contributed by atoms with Crippen molar-refractivity contribution in [2.24, 2.45) is 0 Å². The Morgan fingerprint density at radius 2 is 0.898 bits per heavy atom. The van der Waals surface area contributed by atoms with Crippen LogP contribution in [0.4, 0.5) is 0 Å². The normalized spacial score (nSPS) is 13.0. The average molecular weight is 681 g/mol. The van der Waals surface area contributed by atoms with Gasteiger partial charge in [0.25, 0.3) is 0 Å². The fourth-order valence-corrected chi connectivity index (χ4v) is 4.59. The maximum Gasteiger partial charge on any atom is 0.310 e. The zero-order chi connectivity index (χ0) is 35.9. The van der Waals surface area contributed by atoms with E-state index in [0.29, 0.717) is 12.8 Å². The number of carbonyl (C=O) groups excluding carboxylic acids is 3. The quantitative estimate of drug-likeness (QED) is 0.0304. The molecule has 0 bridgehead atoms. The van der Waals surface area contributed by atoms with E-state index in [0.717, 1.165) is 57.8 Å². The van der Waals surface area contributed by atoms with Crippen LogP contribution in [-0.2, 0) is 28.6 Å². The lowest BCUT2D eigenvalue weighted by atomic mass is 10.1. The molecule has 0 amide bonds. The summed E-state index contributed by atoms with van der Waals surface area (Å²) < 4.78 is 16.3. The van der Waals surface area contributed by atoms with Crippen molar-refractivity contribution in [1.29, 1.82) is 0 Å². The number of carbonyl (C=O) groups is 3. The highest BCUT2D eigenvalue weighted by molar-refractivity contribution is 5.72. The van der Waals surface area contributed by atoms with Gasteiger partial charge in [-0.05, 0) is 77.0 Å². The van der Waals surface area contributed by atoms with Gasteiger partial charge in [0.1, 0.15) is 13.2 Å². The van der Waals surface area contributed by atoms with Gasteiger partial charge in [-0.25, -0.2) is 0 Å². The number of unbranched alkanes of at least 4 members (excludes halogenated alkanes) is 8. The summed E-state index contributed by atoms with van der Waals surface area (Å²) in [6.45, 7) is 6.15. The first-order chi connectivity index (χ1) is 24.0. The van der Waals surface area contributed by atoms with E-state index < -0.39 is 12.1 Å². The number of hydrogen-bond acceptors (Lipinski definition) is 6. The fraction of sp³-hybridized carbons (Fsp3) is 0.605. The Morgan fingerprint density at radius 1 is 0.449 bits per heavy atom. The van der Waals surface area contributed by atoms with Crippen molar-refractivity contribution in [3.63, 3.8) is 0 Å². The SMILES string of the molecule is CC/C=C\C/C=C\C/C=C\CC(=O)OC(COC(=O)CC/C=C\C/C=C\CCCCCCCC)COC(=O)CCCC/C=C\C/C=C\CC. The van der Waals surface area contributed by atoms with Gasteiger partial charge in [0.15, 0.2) is 6.10 Å². The molecule has 6 nitrogen and oxygen atoms in total. The molecule has 0 aromatic carbocycles. The molecule has 0 aromatic rings. The predicted octanol–water partition coefficient (Wildman–Crippen LogP) is 11.7. The number of esters is 3. The van der Waals surface area contributed by atoms with Crippen molar-refractivity contribution >= 4 is 17.9 Å². The maximum atomic E-state index is 12.5. The Balaban J connectivity index is 4.59. The zero-order valence-electron chi connectivity index (χ0n) is 31.2. The molecule has 276 valence electrons.